The predicted octanol–water partition coefficient (Wildman–Crippen LogP) is 1.91. The molecule has 0 bridgehead atoms. The molecule has 2 aliphatic rings. The molecule has 2 amide bonds. The molecule has 32 heavy (non-hydrogen) atoms. The molecule has 170 valence electrons. The number of hydrogen-bond acceptors (Lipinski definition) is 6. The largest absolute Gasteiger partial charge is 0.488 e. The number of amides is 2. The molecular weight excluding hydrogens is 408 g/mol. The SMILES string of the molecule is C[C@@H](Oc1cc(C(N)=CC=NC(C)(C)C(N)=O)cc2ncn(C3CC3)c12)[C@H]1CNC(=O)C1. The number of nitrogens with two attached hydrogens (primary N) is 2. The monoisotopic (exact) mass is 438 g/mol. The fourth-order valence-corrected chi connectivity index (χ4v) is 3.74. The van der Waals surface area contributed by atoms with Crippen molar-refractivity contribution in [3.8, 4) is 5.75 Å². The molecule has 1 saturated heterocycles. The molecule has 9 nitrogen and oxygen atoms in total. The van der Waals surface area contributed by atoms with Crippen LogP contribution in [-0.2, 0) is 9.59 Å². The first-order valence-corrected chi connectivity index (χ1v) is 10.9. The molecule has 2 heterocycles. The van der Waals surface area contributed by atoms with Gasteiger partial charge >= 0.3 is 0 Å². The van der Waals surface area contributed by atoms with Crippen molar-refractivity contribution in [2.75, 3.05) is 6.54 Å². The molecule has 0 unspecified atom stereocenters. The summed E-state index contributed by atoms with van der Waals surface area (Å²) in [4.78, 5) is 31.9. The Kier molecular flexibility index (Phi) is 5.66. The zero-order valence-corrected chi connectivity index (χ0v) is 18.7. The maximum absolute atomic E-state index is 11.6. The molecule has 4 rings (SSSR count). The minimum atomic E-state index is -1.01. The maximum Gasteiger partial charge on any atom is 0.244 e. The summed E-state index contributed by atoms with van der Waals surface area (Å²) in [6.45, 7) is 5.88. The first-order chi connectivity index (χ1) is 15.2. The number of rotatable bonds is 8. The highest BCUT2D eigenvalue weighted by Gasteiger charge is 2.30. The standard InChI is InChI=1S/C23H30N6O3/c1-13(15-10-20(30)26-11-15)32-19-9-14(17(24)6-7-28-23(2,3)22(25)31)8-18-21(19)29(12-27-18)16-4-5-16/h6-9,12-13,15-16H,4-5,10-11,24H2,1-3H3,(H2,25,31)(H,26,30)/t13-,15-/m1/s1. The zero-order valence-electron chi connectivity index (χ0n) is 18.7. The number of carbonyl (C=O) groups excluding carboxylic acids is 2. The van der Waals surface area contributed by atoms with E-state index in [9.17, 15) is 9.59 Å². The highest BCUT2D eigenvalue weighted by atomic mass is 16.5. The van der Waals surface area contributed by atoms with Crippen LogP contribution >= 0.6 is 0 Å². The maximum atomic E-state index is 11.6. The van der Waals surface area contributed by atoms with Gasteiger partial charge in [-0.25, -0.2) is 4.98 Å². The van der Waals surface area contributed by atoms with Gasteiger partial charge in [0.1, 0.15) is 22.9 Å². The van der Waals surface area contributed by atoms with E-state index < -0.39 is 11.4 Å². The number of aliphatic imine (C=N–C) groups is 1. The molecule has 1 aliphatic heterocycles. The van der Waals surface area contributed by atoms with Gasteiger partial charge in [0.25, 0.3) is 0 Å². The average Bonchev–Trinajstić information content (AvgIpc) is 3.33. The Morgan fingerprint density at radius 1 is 1.38 bits per heavy atom. The molecule has 2 fully saturated rings. The molecule has 1 aromatic carbocycles. The van der Waals surface area contributed by atoms with Gasteiger partial charge in [0.2, 0.25) is 11.8 Å². The lowest BCUT2D eigenvalue weighted by atomic mass is 10.0. The van der Waals surface area contributed by atoms with Gasteiger partial charge < -0.3 is 26.1 Å². The van der Waals surface area contributed by atoms with Crippen molar-refractivity contribution in [2.45, 2.75) is 57.7 Å². The number of ether oxygens (including phenoxy) is 1. The smallest absolute Gasteiger partial charge is 0.244 e. The number of imidazole rings is 1. The molecule has 1 aliphatic carbocycles. The normalized spacial score (nSPS) is 20.7. The van der Waals surface area contributed by atoms with Gasteiger partial charge in [0.15, 0.2) is 0 Å². The zero-order chi connectivity index (χ0) is 23.0. The summed E-state index contributed by atoms with van der Waals surface area (Å²) >= 11 is 0. The number of hydrogen-bond donors (Lipinski definition) is 3. The van der Waals surface area contributed by atoms with Crippen LogP contribution in [0.4, 0.5) is 0 Å². The van der Waals surface area contributed by atoms with Crippen molar-refractivity contribution in [3.05, 3.63) is 30.1 Å². The summed E-state index contributed by atoms with van der Waals surface area (Å²) in [7, 11) is 0. The van der Waals surface area contributed by atoms with Gasteiger partial charge in [-0.05, 0) is 51.8 Å². The third-order valence-electron chi connectivity index (χ3n) is 6.15. The first kappa shape index (κ1) is 21.9. The molecule has 1 saturated carbocycles. The van der Waals surface area contributed by atoms with Crippen LogP contribution in [0.15, 0.2) is 29.5 Å². The molecule has 0 radical (unpaired) electrons. The third kappa shape index (κ3) is 4.46. The number of fused-ring (bicyclic) bond motifs is 1. The Balaban J connectivity index is 1.67. The van der Waals surface area contributed by atoms with Crippen molar-refractivity contribution in [3.63, 3.8) is 0 Å². The minimum absolute atomic E-state index is 0.0534. The van der Waals surface area contributed by atoms with Crippen LogP contribution in [-0.4, -0.2) is 45.8 Å². The number of carbonyl (C=O) groups is 2. The minimum Gasteiger partial charge on any atom is -0.488 e. The van der Waals surface area contributed by atoms with E-state index in [-0.39, 0.29) is 17.9 Å². The van der Waals surface area contributed by atoms with E-state index in [2.05, 4.69) is 19.9 Å². The molecule has 9 heteroatoms. The van der Waals surface area contributed by atoms with Gasteiger partial charge in [-0.15, -0.1) is 0 Å². The number of primary amides is 1. The summed E-state index contributed by atoms with van der Waals surface area (Å²) in [6.07, 6.45) is 7.52. The molecule has 1 aromatic heterocycles. The van der Waals surface area contributed by atoms with E-state index in [1.54, 1.807) is 19.9 Å². The Bertz CT molecular complexity index is 1110. The molecular formula is C23H30N6O3. The van der Waals surface area contributed by atoms with Crippen LogP contribution in [0.1, 0.15) is 51.6 Å². The summed E-state index contributed by atoms with van der Waals surface area (Å²) in [5.74, 6) is 0.337. The van der Waals surface area contributed by atoms with Gasteiger partial charge in [0.05, 0.1) is 11.8 Å². The molecule has 2 atom stereocenters. The van der Waals surface area contributed by atoms with E-state index in [1.807, 2.05) is 25.4 Å². The third-order valence-corrected chi connectivity index (χ3v) is 6.15. The fourth-order valence-electron chi connectivity index (χ4n) is 3.74. The molecule has 2 aromatic rings. The number of nitrogens with zero attached hydrogens (tertiary/aromatic N) is 3. The van der Waals surface area contributed by atoms with E-state index >= 15 is 0 Å². The van der Waals surface area contributed by atoms with Gasteiger partial charge in [-0.3, -0.25) is 14.6 Å². The van der Waals surface area contributed by atoms with Crippen LogP contribution < -0.4 is 21.5 Å². The summed E-state index contributed by atoms with van der Waals surface area (Å²) in [6, 6.07) is 4.27. The number of aromatic nitrogens is 2. The summed E-state index contributed by atoms with van der Waals surface area (Å²) in [5, 5.41) is 2.87. The lowest BCUT2D eigenvalue weighted by Gasteiger charge is -2.21. The van der Waals surface area contributed by atoms with Crippen LogP contribution in [0.2, 0.25) is 0 Å². The van der Waals surface area contributed by atoms with Crippen LogP contribution in [0.3, 0.4) is 0 Å². The fraction of sp³-hybridized carbons (Fsp3) is 0.478. The van der Waals surface area contributed by atoms with Crippen molar-refractivity contribution >= 4 is 34.8 Å². The highest BCUT2D eigenvalue weighted by Crippen LogP contribution is 2.40. The topological polar surface area (TPSA) is 138 Å². The van der Waals surface area contributed by atoms with Gasteiger partial charge in [-0.1, -0.05) is 0 Å². The van der Waals surface area contributed by atoms with Crippen LogP contribution in [0, 0.1) is 5.92 Å². The second-order valence-corrected chi connectivity index (χ2v) is 9.14. The number of nitrogens with one attached hydrogen (secondary N) is 1. The molecule has 5 N–H and O–H groups in total. The Hall–Kier alpha value is -3.36. The number of allylic oxidation sites excluding steroid dienone is 1. The van der Waals surface area contributed by atoms with E-state index in [0.717, 1.165) is 29.4 Å². The molecule has 0 spiro atoms. The quantitative estimate of drug-likeness (QED) is 0.541. The summed E-state index contributed by atoms with van der Waals surface area (Å²) < 4.78 is 8.55. The van der Waals surface area contributed by atoms with Crippen molar-refractivity contribution in [1.29, 1.82) is 0 Å². The van der Waals surface area contributed by atoms with Gasteiger partial charge in [0, 0.05) is 42.4 Å². The van der Waals surface area contributed by atoms with Crippen LogP contribution in [0.5, 0.6) is 5.75 Å². The second kappa shape index (κ2) is 8.29. The Labute approximate surface area is 186 Å². The van der Waals surface area contributed by atoms with E-state index in [1.165, 1.54) is 6.21 Å². The highest BCUT2D eigenvalue weighted by molar-refractivity contribution is 5.91. The first-order valence-electron chi connectivity index (χ1n) is 10.9. The lowest BCUT2D eigenvalue weighted by Crippen LogP contribution is -2.36. The Morgan fingerprint density at radius 3 is 2.75 bits per heavy atom. The van der Waals surface area contributed by atoms with E-state index in [4.69, 9.17) is 16.2 Å². The van der Waals surface area contributed by atoms with Crippen LogP contribution in [0.25, 0.3) is 16.7 Å². The number of benzene rings is 1. The second-order valence-electron chi connectivity index (χ2n) is 9.14. The van der Waals surface area contributed by atoms with E-state index in [0.29, 0.717) is 30.5 Å². The van der Waals surface area contributed by atoms with Gasteiger partial charge in [-0.2, -0.15) is 0 Å². The van der Waals surface area contributed by atoms with Crippen molar-refractivity contribution in [2.24, 2.45) is 22.4 Å². The lowest BCUT2D eigenvalue weighted by molar-refractivity contribution is -0.122. The summed E-state index contributed by atoms with van der Waals surface area (Å²) in [5.41, 5.74) is 13.6. The Morgan fingerprint density at radius 2 is 2.12 bits per heavy atom. The predicted molar refractivity (Wildman–Crippen MR) is 123 cm³/mol. The van der Waals surface area contributed by atoms with Crippen molar-refractivity contribution < 1.29 is 14.3 Å². The average molecular weight is 439 g/mol. The van der Waals surface area contributed by atoms with Crippen molar-refractivity contribution in [1.82, 2.24) is 14.9 Å².